The molecule has 0 spiro atoms. The van der Waals surface area contributed by atoms with Crippen molar-refractivity contribution < 1.29 is 14.3 Å². The van der Waals surface area contributed by atoms with Gasteiger partial charge in [-0.25, -0.2) is 0 Å². The Bertz CT molecular complexity index is 1120. The van der Waals surface area contributed by atoms with Crippen molar-refractivity contribution in [2.75, 3.05) is 13.7 Å². The van der Waals surface area contributed by atoms with E-state index in [1.165, 1.54) is 6.21 Å². The molecule has 1 aromatic heterocycles. The number of pyridine rings is 1. The van der Waals surface area contributed by atoms with Crippen LogP contribution >= 0.6 is 0 Å². The largest absolute Gasteiger partial charge is 0.497 e. The second kappa shape index (κ2) is 10.5. The average molecular weight is 448 g/mol. The predicted molar refractivity (Wildman–Crippen MR) is 133 cm³/mol. The van der Waals surface area contributed by atoms with E-state index in [-0.39, 0.29) is 17.6 Å². The number of ether oxygens (including phenoxy) is 2. The van der Waals surface area contributed by atoms with Gasteiger partial charge < -0.3 is 20.6 Å². The molecule has 0 bridgehead atoms. The molecule has 6 nitrogen and oxygen atoms in total. The highest BCUT2D eigenvalue weighted by Gasteiger charge is 2.30. The highest BCUT2D eigenvalue weighted by Crippen LogP contribution is 2.35. The van der Waals surface area contributed by atoms with Crippen LogP contribution in [0.4, 0.5) is 0 Å². The number of hydrogen-bond acceptors (Lipinski definition) is 6. The van der Waals surface area contributed by atoms with Crippen LogP contribution in [0.2, 0.25) is 0 Å². The van der Waals surface area contributed by atoms with Gasteiger partial charge in [0.15, 0.2) is 5.78 Å². The highest BCUT2D eigenvalue weighted by molar-refractivity contribution is 6.22. The molecule has 3 N–H and O–H groups in total. The quantitative estimate of drug-likeness (QED) is 0.430. The molecule has 1 aliphatic rings. The number of carbonyl (C=O) groups is 1. The smallest absolute Gasteiger partial charge is 0.170 e. The zero-order valence-corrected chi connectivity index (χ0v) is 20.1. The maximum atomic E-state index is 13.6. The third-order valence-corrected chi connectivity index (χ3v) is 6.09. The Morgan fingerprint density at radius 3 is 2.73 bits per heavy atom. The number of rotatable bonds is 8. The van der Waals surface area contributed by atoms with Crippen molar-refractivity contribution in [1.29, 1.82) is 5.41 Å². The van der Waals surface area contributed by atoms with Crippen LogP contribution in [0.1, 0.15) is 62.4 Å². The topological polar surface area (TPSA) is 98.3 Å². The van der Waals surface area contributed by atoms with Gasteiger partial charge in [0.1, 0.15) is 11.5 Å². The van der Waals surface area contributed by atoms with Crippen molar-refractivity contribution >= 4 is 23.1 Å². The second-order valence-corrected chi connectivity index (χ2v) is 8.50. The van der Waals surface area contributed by atoms with Gasteiger partial charge in [0.25, 0.3) is 0 Å². The summed E-state index contributed by atoms with van der Waals surface area (Å²) >= 11 is 0. The molecule has 6 heteroatoms. The first-order valence-corrected chi connectivity index (χ1v) is 11.3. The van der Waals surface area contributed by atoms with Crippen LogP contribution in [0.25, 0.3) is 11.1 Å². The van der Waals surface area contributed by atoms with E-state index in [1.807, 2.05) is 44.2 Å². The molecule has 0 radical (unpaired) electrons. The van der Waals surface area contributed by atoms with Gasteiger partial charge in [0.2, 0.25) is 0 Å². The van der Waals surface area contributed by atoms with E-state index in [4.69, 9.17) is 20.6 Å². The molecule has 1 atom stereocenters. The summed E-state index contributed by atoms with van der Waals surface area (Å²) < 4.78 is 11.2. The normalized spacial score (nSPS) is 16.5. The minimum absolute atomic E-state index is 0.0401. The lowest BCUT2D eigenvalue weighted by molar-refractivity contribution is -0.118. The molecule has 174 valence electrons. The second-order valence-electron chi connectivity index (χ2n) is 8.50. The number of nitrogens with one attached hydrogen (secondary N) is 1. The lowest BCUT2D eigenvalue weighted by Crippen LogP contribution is -2.29. The fourth-order valence-electron chi connectivity index (χ4n) is 4.16. The van der Waals surface area contributed by atoms with E-state index in [9.17, 15) is 4.79 Å². The molecular weight excluding hydrogens is 414 g/mol. The summed E-state index contributed by atoms with van der Waals surface area (Å²) in [6.07, 6.45) is 6.08. The SMILES string of the molecule is C/C=C(/C(=O)C1COc2ccc(OC)cc2C1)c1cnc(/C(C=N)=C(/N)CC)cc1C(C)C. The first kappa shape index (κ1) is 24.2. The first-order valence-electron chi connectivity index (χ1n) is 11.3. The number of nitrogens with zero attached hydrogens (tertiary/aromatic N) is 1. The first-order chi connectivity index (χ1) is 15.8. The molecule has 1 unspecified atom stereocenters. The zero-order valence-electron chi connectivity index (χ0n) is 20.1. The van der Waals surface area contributed by atoms with Crippen LogP contribution in [-0.2, 0) is 11.2 Å². The predicted octanol–water partition coefficient (Wildman–Crippen LogP) is 5.17. The van der Waals surface area contributed by atoms with Gasteiger partial charge in [-0.2, -0.15) is 0 Å². The van der Waals surface area contributed by atoms with Crippen molar-refractivity contribution in [2.45, 2.75) is 46.5 Å². The third-order valence-electron chi connectivity index (χ3n) is 6.09. The van der Waals surface area contributed by atoms with Gasteiger partial charge in [-0.1, -0.05) is 26.8 Å². The monoisotopic (exact) mass is 447 g/mol. The number of ketones is 1. The van der Waals surface area contributed by atoms with Crippen molar-refractivity contribution in [3.63, 3.8) is 0 Å². The standard InChI is InChI=1S/C27H33N3O3/c1-6-20(27(31)18-10-17-11-19(32-5)8-9-26(17)33-15-18)23-14-30-25(12-21(23)16(3)4)22(13-28)24(29)7-2/h6,8-9,11-14,16,18,28H,7,10,15,29H2,1-5H3/b20-6+,24-22+,28-13?. The summed E-state index contributed by atoms with van der Waals surface area (Å²) in [6.45, 7) is 8.34. The van der Waals surface area contributed by atoms with E-state index in [0.717, 1.165) is 28.2 Å². The number of hydrogen-bond donors (Lipinski definition) is 2. The number of allylic oxidation sites excluding steroid dienone is 4. The van der Waals surface area contributed by atoms with E-state index >= 15 is 0 Å². The van der Waals surface area contributed by atoms with Crippen LogP contribution in [0.5, 0.6) is 11.5 Å². The Morgan fingerprint density at radius 1 is 1.36 bits per heavy atom. The van der Waals surface area contributed by atoms with E-state index < -0.39 is 0 Å². The fraction of sp³-hybridized carbons (Fsp3) is 0.370. The summed E-state index contributed by atoms with van der Waals surface area (Å²) in [5, 5.41) is 7.78. The number of benzene rings is 1. The molecule has 1 aromatic carbocycles. The summed E-state index contributed by atoms with van der Waals surface area (Å²) in [5.41, 5.74) is 11.4. The highest BCUT2D eigenvalue weighted by atomic mass is 16.5. The van der Waals surface area contributed by atoms with Crippen LogP contribution in [-0.4, -0.2) is 30.7 Å². The molecule has 0 saturated carbocycles. The number of carbonyl (C=O) groups excluding carboxylic acids is 1. The number of nitrogens with two attached hydrogens (primary N) is 1. The Morgan fingerprint density at radius 2 is 2.12 bits per heavy atom. The van der Waals surface area contributed by atoms with Gasteiger partial charge >= 0.3 is 0 Å². The molecule has 2 heterocycles. The van der Waals surface area contributed by atoms with Crippen molar-refractivity contribution in [3.05, 3.63) is 64.6 Å². The summed E-state index contributed by atoms with van der Waals surface area (Å²) in [7, 11) is 1.63. The Kier molecular flexibility index (Phi) is 7.69. The van der Waals surface area contributed by atoms with Crippen molar-refractivity contribution in [2.24, 2.45) is 11.7 Å². The van der Waals surface area contributed by atoms with E-state index in [0.29, 0.717) is 42.0 Å². The molecule has 3 rings (SSSR count). The van der Waals surface area contributed by atoms with Gasteiger partial charge in [-0.3, -0.25) is 9.78 Å². The zero-order chi connectivity index (χ0) is 24.1. The molecule has 0 fully saturated rings. The number of methoxy groups -OCH3 is 1. The Balaban J connectivity index is 1.97. The maximum absolute atomic E-state index is 13.6. The van der Waals surface area contributed by atoms with Crippen LogP contribution in [0.15, 0.2) is 42.2 Å². The maximum Gasteiger partial charge on any atom is 0.170 e. The molecule has 2 aromatic rings. The Hall–Kier alpha value is -3.41. The third kappa shape index (κ3) is 5.00. The minimum atomic E-state index is -0.289. The Labute approximate surface area is 196 Å². The molecule has 0 amide bonds. The van der Waals surface area contributed by atoms with E-state index in [2.05, 4.69) is 18.8 Å². The molecule has 0 saturated heterocycles. The summed E-state index contributed by atoms with van der Waals surface area (Å²) in [5.74, 6) is 1.46. The van der Waals surface area contributed by atoms with Crippen LogP contribution in [0, 0.1) is 11.3 Å². The van der Waals surface area contributed by atoms with Gasteiger partial charge in [-0.15, -0.1) is 0 Å². The van der Waals surface area contributed by atoms with Crippen LogP contribution in [0.3, 0.4) is 0 Å². The summed E-state index contributed by atoms with van der Waals surface area (Å²) in [4.78, 5) is 18.2. The molecule has 33 heavy (non-hydrogen) atoms. The summed E-state index contributed by atoms with van der Waals surface area (Å²) in [6, 6.07) is 7.64. The minimum Gasteiger partial charge on any atom is -0.497 e. The average Bonchev–Trinajstić information content (AvgIpc) is 2.84. The van der Waals surface area contributed by atoms with Crippen molar-refractivity contribution in [3.8, 4) is 11.5 Å². The van der Waals surface area contributed by atoms with E-state index in [1.54, 1.807) is 13.3 Å². The molecule has 1 aliphatic heterocycles. The van der Waals surface area contributed by atoms with Gasteiger partial charge in [-0.05, 0) is 61.1 Å². The van der Waals surface area contributed by atoms with Gasteiger partial charge in [0, 0.05) is 34.8 Å². The van der Waals surface area contributed by atoms with Crippen molar-refractivity contribution in [1.82, 2.24) is 4.98 Å². The molecular formula is C27H33N3O3. The number of fused-ring (bicyclic) bond motifs is 1. The number of Topliss-reactive ketones (excluding diaryl/α,β-unsaturated/α-hetero) is 1. The lowest BCUT2D eigenvalue weighted by atomic mass is 9.84. The fourth-order valence-corrected chi connectivity index (χ4v) is 4.16. The lowest BCUT2D eigenvalue weighted by Gasteiger charge is -2.26. The number of aromatic nitrogens is 1. The van der Waals surface area contributed by atoms with Crippen LogP contribution < -0.4 is 15.2 Å². The van der Waals surface area contributed by atoms with Gasteiger partial charge in [0.05, 0.1) is 25.3 Å². The molecule has 0 aliphatic carbocycles.